The first-order chi connectivity index (χ1) is 6.79. The van der Waals surface area contributed by atoms with E-state index in [1.807, 2.05) is 0 Å². The molecular formula is C11H10FNO. The van der Waals surface area contributed by atoms with Gasteiger partial charge in [0.25, 0.3) is 0 Å². The minimum Gasteiger partial charge on any atom is -0.330 e. The molecule has 0 aliphatic rings. The Morgan fingerprint density at radius 1 is 1.50 bits per heavy atom. The molecule has 0 saturated carbocycles. The van der Waals surface area contributed by atoms with Crippen LogP contribution < -0.4 is 5.73 Å². The van der Waals surface area contributed by atoms with Gasteiger partial charge in [-0.1, -0.05) is 17.9 Å². The zero-order chi connectivity index (χ0) is 10.4. The number of hydrogen-bond donors (Lipinski definition) is 1. The molecule has 1 aromatic carbocycles. The minimum atomic E-state index is -0.563. The maximum absolute atomic E-state index is 13.3. The van der Waals surface area contributed by atoms with Gasteiger partial charge in [-0.25, -0.2) is 4.39 Å². The van der Waals surface area contributed by atoms with E-state index in [1.54, 1.807) is 6.07 Å². The Bertz CT molecular complexity index is 390. The van der Waals surface area contributed by atoms with Crippen LogP contribution in [0.1, 0.15) is 22.3 Å². The van der Waals surface area contributed by atoms with E-state index in [0.29, 0.717) is 19.3 Å². The number of carbonyl (C=O) groups excluding carboxylic acids is 1. The number of aldehydes is 1. The average Bonchev–Trinajstić information content (AvgIpc) is 2.21. The maximum Gasteiger partial charge on any atom is 0.153 e. The Morgan fingerprint density at radius 2 is 2.29 bits per heavy atom. The second-order valence-corrected chi connectivity index (χ2v) is 2.67. The van der Waals surface area contributed by atoms with Crippen LogP contribution in [0.5, 0.6) is 0 Å². The van der Waals surface area contributed by atoms with E-state index >= 15 is 0 Å². The van der Waals surface area contributed by atoms with Crippen molar-refractivity contribution in [2.75, 3.05) is 6.54 Å². The van der Waals surface area contributed by atoms with Crippen molar-refractivity contribution in [3.8, 4) is 11.8 Å². The number of benzene rings is 1. The lowest BCUT2D eigenvalue weighted by atomic mass is 10.1. The maximum atomic E-state index is 13.3. The average molecular weight is 191 g/mol. The molecule has 0 aliphatic heterocycles. The van der Waals surface area contributed by atoms with Crippen molar-refractivity contribution >= 4 is 6.29 Å². The SMILES string of the molecule is NCCC#Cc1cccc(C=O)c1F. The number of rotatable bonds is 2. The first kappa shape index (κ1) is 10.4. The van der Waals surface area contributed by atoms with Gasteiger partial charge in [-0.3, -0.25) is 4.79 Å². The molecule has 0 radical (unpaired) electrons. The summed E-state index contributed by atoms with van der Waals surface area (Å²) in [6.45, 7) is 0.446. The zero-order valence-corrected chi connectivity index (χ0v) is 7.59. The van der Waals surface area contributed by atoms with Crippen LogP contribution in [0.15, 0.2) is 18.2 Å². The molecule has 14 heavy (non-hydrogen) atoms. The number of hydrogen-bond acceptors (Lipinski definition) is 2. The summed E-state index contributed by atoms with van der Waals surface area (Å²) in [6.07, 6.45) is 0.994. The van der Waals surface area contributed by atoms with Gasteiger partial charge in [-0.05, 0) is 12.1 Å². The standard InChI is InChI=1S/C11H10FNO/c12-11-9(4-1-2-7-13)5-3-6-10(11)8-14/h3,5-6,8H,2,7,13H2. The Labute approximate surface area is 81.9 Å². The minimum absolute atomic E-state index is 0.0320. The van der Waals surface area contributed by atoms with Crippen molar-refractivity contribution in [1.29, 1.82) is 0 Å². The first-order valence-electron chi connectivity index (χ1n) is 4.22. The van der Waals surface area contributed by atoms with E-state index in [2.05, 4.69) is 11.8 Å². The van der Waals surface area contributed by atoms with Crippen LogP contribution in [-0.4, -0.2) is 12.8 Å². The van der Waals surface area contributed by atoms with Gasteiger partial charge in [0.15, 0.2) is 6.29 Å². The van der Waals surface area contributed by atoms with Crippen molar-refractivity contribution in [3.63, 3.8) is 0 Å². The molecule has 0 unspecified atom stereocenters. The van der Waals surface area contributed by atoms with Gasteiger partial charge >= 0.3 is 0 Å². The zero-order valence-electron chi connectivity index (χ0n) is 7.59. The van der Waals surface area contributed by atoms with Gasteiger partial charge < -0.3 is 5.73 Å². The van der Waals surface area contributed by atoms with E-state index in [0.717, 1.165) is 0 Å². The number of carbonyl (C=O) groups is 1. The summed E-state index contributed by atoms with van der Waals surface area (Å²) in [5, 5.41) is 0. The summed E-state index contributed by atoms with van der Waals surface area (Å²) in [7, 11) is 0. The largest absolute Gasteiger partial charge is 0.330 e. The molecule has 0 heterocycles. The van der Waals surface area contributed by atoms with Crippen LogP contribution in [0.2, 0.25) is 0 Å². The van der Waals surface area contributed by atoms with Gasteiger partial charge in [0, 0.05) is 13.0 Å². The first-order valence-corrected chi connectivity index (χ1v) is 4.22. The molecule has 0 spiro atoms. The van der Waals surface area contributed by atoms with Crippen molar-refractivity contribution < 1.29 is 9.18 Å². The second kappa shape index (κ2) is 5.15. The van der Waals surface area contributed by atoms with Crippen molar-refractivity contribution in [1.82, 2.24) is 0 Å². The van der Waals surface area contributed by atoms with Crippen molar-refractivity contribution in [2.45, 2.75) is 6.42 Å². The Hall–Kier alpha value is -1.66. The molecule has 0 bridgehead atoms. The highest BCUT2D eigenvalue weighted by molar-refractivity contribution is 5.76. The normalized spacial score (nSPS) is 9.00. The quantitative estimate of drug-likeness (QED) is 0.566. The highest BCUT2D eigenvalue weighted by atomic mass is 19.1. The predicted molar refractivity (Wildman–Crippen MR) is 52.3 cm³/mol. The van der Waals surface area contributed by atoms with Gasteiger partial charge in [-0.15, -0.1) is 0 Å². The van der Waals surface area contributed by atoms with Crippen LogP contribution in [0, 0.1) is 17.7 Å². The number of halogens is 1. The molecule has 0 atom stereocenters. The fourth-order valence-corrected chi connectivity index (χ4v) is 0.967. The van der Waals surface area contributed by atoms with E-state index in [-0.39, 0.29) is 11.1 Å². The smallest absolute Gasteiger partial charge is 0.153 e. The van der Waals surface area contributed by atoms with Crippen LogP contribution in [0.3, 0.4) is 0 Å². The lowest BCUT2D eigenvalue weighted by Gasteiger charge is -1.96. The third-order valence-corrected chi connectivity index (χ3v) is 1.65. The van der Waals surface area contributed by atoms with Gasteiger partial charge in [0.2, 0.25) is 0 Å². The summed E-state index contributed by atoms with van der Waals surface area (Å²) in [4.78, 5) is 10.4. The molecule has 72 valence electrons. The van der Waals surface area contributed by atoms with Crippen molar-refractivity contribution in [2.24, 2.45) is 5.73 Å². The molecule has 0 aliphatic carbocycles. The molecule has 3 heteroatoms. The molecule has 2 nitrogen and oxygen atoms in total. The molecule has 0 fully saturated rings. The van der Waals surface area contributed by atoms with Crippen LogP contribution in [0.4, 0.5) is 4.39 Å². The molecular weight excluding hydrogens is 181 g/mol. The summed E-state index contributed by atoms with van der Waals surface area (Å²) in [6, 6.07) is 4.54. The lowest BCUT2D eigenvalue weighted by Crippen LogP contribution is -1.96. The Morgan fingerprint density at radius 3 is 2.93 bits per heavy atom. The van der Waals surface area contributed by atoms with E-state index < -0.39 is 5.82 Å². The fraction of sp³-hybridized carbons (Fsp3) is 0.182. The topological polar surface area (TPSA) is 43.1 Å². The highest BCUT2D eigenvalue weighted by Gasteiger charge is 2.03. The Kier molecular flexibility index (Phi) is 3.84. The fourth-order valence-electron chi connectivity index (χ4n) is 0.967. The summed E-state index contributed by atoms with van der Waals surface area (Å²) in [5.41, 5.74) is 5.51. The second-order valence-electron chi connectivity index (χ2n) is 2.67. The summed E-state index contributed by atoms with van der Waals surface area (Å²) < 4.78 is 13.3. The summed E-state index contributed by atoms with van der Waals surface area (Å²) in [5.74, 6) is 4.77. The molecule has 0 saturated heterocycles. The number of nitrogens with two attached hydrogens (primary N) is 1. The van der Waals surface area contributed by atoms with E-state index in [1.165, 1.54) is 12.1 Å². The van der Waals surface area contributed by atoms with Crippen molar-refractivity contribution in [3.05, 3.63) is 35.1 Å². The summed E-state index contributed by atoms with van der Waals surface area (Å²) >= 11 is 0. The van der Waals surface area contributed by atoms with Crippen LogP contribution in [0.25, 0.3) is 0 Å². The third-order valence-electron chi connectivity index (χ3n) is 1.65. The Balaban J connectivity index is 2.99. The van der Waals surface area contributed by atoms with Gasteiger partial charge in [0.1, 0.15) is 5.82 Å². The van der Waals surface area contributed by atoms with E-state index in [4.69, 9.17) is 5.73 Å². The molecule has 2 N–H and O–H groups in total. The van der Waals surface area contributed by atoms with Gasteiger partial charge in [-0.2, -0.15) is 0 Å². The van der Waals surface area contributed by atoms with E-state index in [9.17, 15) is 9.18 Å². The predicted octanol–water partition coefficient (Wildman–Crippen LogP) is 1.34. The van der Waals surface area contributed by atoms with Gasteiger partial charge in [0.05, 0.1) is 11.1 Å². The molecule has 1 rings (SSSR count). The third kappa shape index (κ3) is 2.41. The monoisotopic (exact) mass is 191 g/mol. The molecule has 1 aromatic rings. The van der Waals surface area contributed by atoms with Crippen LogP contribution >= 0.6 is 0 Å². The van der Waals surface area contributed by atoms with Crippen LogP contribution in [-0.2, 0) is 0 Å². The lowest BCUT2D eigenvalue weighted by molar-refractivity contribution is 0.112. The molecule has 0 amide bonds. The molecule has 0 aromatic heterocycles. The highest BCUT2D eigenvalue weighted by Crippen LogP contribution is 2.09.